The SMILES string of the molecule is CC(C)(C)Nc1nc(Nc2cc(Cl)ccc2[N+](=O)[O-])cc(-c2cccnc2)n1. The van der Waals surface area contributed by atoms with Crippen LogP contribution in [0.2, 0.25) is 5.02 Å². The molecule has 0 saturated carbocycles. The van der Waals surface area contributed by atoms with E-state index in [-0.39, 0.29) is 16.9 Å². The molecule has 0 aliphatic carbocycles. The molecule has 144 valence electrons. The topological polar surface area (TPSA) is 106 Å². The Kier molecular flexibility index (Phi) is 5.41. The molecule has 0 aliphatic heterocycles. The number of hydrogen-bond acceptors (Lipinski definition) is 7. The number of hydrogen-bond donors (Lipinski definition) is 2. The van der Waals surface area contributed by atoms with Gasteiger partial charge in [-0.15, -0.1) is 0 Å². The quantitative estimate of drug-likeness (QED) is 0.457. The molecule has 3 rings (SSSR count). The third-order valence-corrected chi connectivity index (χ3v) is 3.82. The van der Waals surface area contributed by atoms with Crippen LogP contribution in [0.3, 0.4) is 0 Å². The van der Waals surface area contributed by atoms with E-state index < -0.39 is 4.92 Å². The van der Waals surface area contributed by atoms with Gasteiger partial charge in [-0.25, -0.2) is 4.98 Å². The van der Waals surface area contributed by atoms with Crippen LogP contribution in [0.25, 0.3) is 11.3 Å². The maximum absolute atomic E-state index is 11.3. The number of benzene rings is 1. The van der Waals surface area contributed by atoms with Gasteiger partial charge in [0.2, 0.25) is 5.95 Å². The number of nitro groups is 1. The molecule has 0 spiro atoms. The van der Waals surface area contributed by atoms with Crippen LogP contribution >= 0.6 is 11.6 Å². The van der Waals surface area contributed by atoms with Crippen LogP contribution in [0.5, 0.6) is 0 Å². The number of aromatic nitrogens is 3. The van der Waals surface area contributed by atoms with Gasteiger partial charge in [0, 0.05) is 40.7 Å². The van der Waals surface area contributed by atoms with Crippen molar-refractivity contribution in [3.05, 3.63) is 63.9 Å². The first-order valence-corrected chi connectivity index (χ1v) is 8.88. The molecule has 0 saturated heterocycles. The average Bonchev–Trinajstić information content (AvgIpc) is 2.60. The van der Waals surface area contributed by atoms with Crippen molar-refractivity contribution < 1.29 is 4.92 Å². The van der Waals surface area contributed by atoms with Gasteiger partial charge in [0.05, 0.1) is 10.6 Å². The molecule has 2 N–H and O–H groups in total. The number of nitrogens with zero attached hydrogens (tertiary/aromatic N) is 4. The molecule has 0 amide bonds. The number of rotatable bonds is 5. The number of anilines is 3. The van der Waals surface area contributed by atoms with Gasteiger partial charge in [0.1, 0.15) is 11.5 Å². The van der Waals surface area contributed by atoms with Gasteiger partial charge >= 0.3 is 0 Å². The minimum Gasteiger partial charge on any atom is -0.350 e. The highest BCUT2D eigenvalue weighted by Gasteiger charge is 2.17. The van der Waals surface area contributed by atoms with E-state index in [1.165, 1.54) is 18.2 Å². The minimum atomic E-state index is -0.476. The third-order valence-electron chi connectivity index (χ3n) is 3.59. The zero-order chi connectivity index (χ0) is 20.3. The molecule has 0 radical (unpaired) electrons. The average molecular weight is 399 g/mol. The van der Waals surface area contributed by atoms with Crippen LogP contribution in [0.1, 0.15) is 20.8 Å². The lowest BCUT2D eigenvalue weighted by Crippen LogP contribution is -2.27. The summed E-state index contributed by atoms with van der Waals surface area (Å²) in [5.41, 5.74) is 1.30. The zero-order valence-corrected chi connectivity index (χ0v) is 16.4. The Bertz CT molecular complexity index is 1010. The molecule has 0 aliphatic rings. The summed E-state index contributed by atoms with van der Waals surface area (Å²) in [6, 6.07) is 9.70. The van der Waals surface area contributed by atoms with Gasteiger partial charge in [-0.1, -0.05) is 11.6 Å². The first-order chi connectivity index (χ1) is 13.2. The molecule has 8 nitrogen and oxygen atoms in total. The molecule has 2 heterocycles. The monoisotopic (exact) mass is 398 g/mol. The van der Waals surface area contributed by atoms with E-state index in [9.17, 15) is 10.1 Å². The van der Waals surface area contributed by atoms with E-state index >= 15 is 0 Å². The zero-order valence-electron chi connectivity index (χ0n) is 15.6. The van der Waals surface area contributed by atoms with E-state index in [1.807, 2.05) is 32.9 Å². The molecule has 2 aromatic heterocycles. The summed E-state index contributed by atoms with van der Waals surface area (Å²) in [5.74, 6) is 0.784. The lowest BCUT2D eigenvalue weighted by atomic mass is 10.1. The smallest absolute Gasteiger partial charge is 0.292 e. The maximum atomic E-state index is 11.3. The molecule has 1 aromatic carbocycles. The maximum Gasteiger partial charge on any atom is 0.292 e. The normalized spacial score (nSPS) is 11.1. The molecule has 0 atom stereocenters. The van der Waals surface area contributed by atoms with Crippen LogP contribution < -0.4 is 10.6 Å². The number of halogens is 1. The van der Waals surface area contributed by atoms with E-state index in [1.54, 1.807) is 18.5 Å². The van der Waals surface area contributed by atoms with Gasteiger partial charge in [-0.05, 0) is 45.0 Å². The van der Waals surface area contributed by atoms with Crippen molar-refractivity contribution in [1.29, 1.82) is 0 Å². The molecule has 3 aromatic rings. The van der Waals surface area contributed by atoms with Crippen LogP contribution in [0.4, 0.5) is 23.1 Å². The van der Waals surface area contributed by atoms with E-state index in [0.717, 1.165) is 5.56 Å². The highest BCUT2D eigenvalue weighted by atomic mass is 35.5. The van der Waals surface area contributed by atoms with Crippen LogP contribution in [0, 0.1) is 10.1 Å². The second-order valence-corrected chi connectivity index (χ2v) is 7.56. The summed E-state index contributed by atoms with van der Waals surface area (Å²) in [7, 11) is 0. The summed E-state index contributed by atoms with van der Waals surface area (Å²) in [4.78, 5) is 24.0. The molecule has 0 unspecified atom stereocenters. The Morgan fingerprint density at radius 1 is 1.14 bits per heavy atom. The third kappa shape index (κ3) is 4.92. The number of pyridine rings is 1. The Morgan fingerprint density at radius 3 is 2.57 bits per heavy atom. The van der Waals surface area contributed by atoms with Crippen molar-refractivity contribution in [2.75, 3.05) is 10.6 Å². The van der Waals surface area contributed by atoms with Crippen LogP contribution in [-0.4, -0.2) is 25.4 Å². The Labute approximate surface area is 167 Å². The lowest BCUT2D eigenvalue weighted by Gasteiger charge is -2.21. The Morgan fingerprint density at radius 2 is 1.93 bits per heavy atom. The van der Waals surface area contributed by atoms with Gasteiger partial charge < -0.3 is 10.6 Å². The predicted octanol–water partition coefficient (Wildman–Crippen LogP) is 5.05. The summed E-state index contributed by atoms with van der Waals surface area (Å²) in [6.07, 6.45) is 3.36. The van der Waals surface area contributed by atoms with Crippen molar-refractivity contribution in [3.8, 4) is 11.3 Å². The molecule has 0 fully saturated rings. The van der Waals surface area contributed by atoms with Crippen LogP contribution in [0.15, 0.2) is 48.8 Å². The second-order valence-electron chi connectivity index (χ2n) is 7.12. The van der Waals surface area contributed by atoms with Gasteiger partial charge in [-0.2, -0.15) is 4.98 Å². The molecular weight excluding hydrogens is 380 g/mol. The highest BCUT2D eigenvalue weighted by molar-refractivity contribution is 6.31. The number of nitrogens with one attached hydrogen (secondary N) is 2. The Balaban J connectivity index is 2.07. The summed E-state index contributed by atoms with van der Waals surface area (Å²) in [5, 5.41) is 17.9. The highest BCUT2D eigenvalue weighted by Crippen LogP contribution is 2.31. The molecule has 28 heavy (non-hydrogen) atoms. The van der Waals surface area contributed by atoms with E-state index in [4.69, 9.17) is 11.6 Å². The fraction of sp³-hybridized carbons (Fsp3) is 0.211. The van der Waals surface area contributed by atoms with Crippen LogP contribution in [-0.2, 0) is 0 Å². The summed E-state index contributed by atoms with van der Waals surface area (Å²) in [6.45, 7) is 5.96. The summed E-state index contributed by atoms with van der Waals surface area (Å²) >= 11 is 6.02. The first-order valence-electron chi connectivity index (χ1n) is 8.50. The van der Waals surface area contributed by atoms with Crippen molar-refractivity contribution in [3.63, 3.8) is 0 Å². The molecule has 0 bridgehead atoms. The predicted molar refractivity (Wildman–Crippen MR) is 110 cm³/mol. The standard InChI is InChI=1S/C19H19ClN6O2/c1-19(2,3)25-18-23-14(12-5-4-8-21-11-12)10-17(24-18)22-15-9-13(20)6-7-16(15)26(27)28/h4-11H,1-3H3,(H2,22,23,24,25). The van der Waals surface area contributed by atoms with Gasteiger partial charge in [0.15, 0.2) is 0 Å². The Hall–Kier alpha value is -3.26. The van der Waals surface area contributed by atoms with E-state index in [2.05, 4.69) is 25.6 Å². The van der Waals surface area contributed by atoms with Crippen molar-refractivity contribution >= 4 is 34.7 Å². The van der Waals surface area contributed by atoms with Crippen molar-refractivity contribution in [2.24, 2.45) is 0 Å². The number of nitro benzene ring substituents is 1. The second kappa shape index (κ2) is 7.77. The largest absolute Gasteiger partial charge is 0.350 e. The lowest BCUT2D eigenvalue weighted by molar-refractivity contribution is -0.383. The fourth-order valence-corrected chi connectivity index (χ4v) is 2.64. The van der Waals surface area contributed by atoms with Gasteiger partial charge in [-0.3, -0.25) is 15.1 Å². The van der Waals surface area contributed by atoms with E-state index in [0.29, 0.717) is 22.5 Å². The minimum absolute atomic E-state index is 0.101. The fourth-order valence-electron chi connectivity index (χ4n) is 2.47. The van der Waals surface area contributed by atoms with Crippen molar-refractivity contribution in [1.82, 2.24) is 15.0 Å². The molecular formula is C19H19ClN6O2. The summed E-state index contributed by atoms with van der Waals surface area (Å²) < 4.78 is 0. The van der Waals surface area contributed by atoms with Gasteiger partial charge in [0.25, 0.3) is 5.69 Å². The molecule has 9 heteroatoms. The first kappa shape index (κ1) is 19.5. The van der Waals surface area contributed by atoms with Crippen molar-refractivity contribution in [2.45, 2.75) is 26.3 Å².